The lowest BCUT2D eigenvalue weighted by Gasteiger charge is -2.13. The number of hydrogen-bond donors (Lipinski definition) is 2. The molecule has 1 heterocycles. The molecule has 1 atom stereocenters. The van der Waals surface area contributed by atoms with Crippen molar-refractivity contribution in [1.82, 2.24) is 9.97 Å². The van der Waals surface area contributed by atoms with Gasteiger partial charge in [-0.2, -0.15) is 4.98 Å². The number of hydrogen-bond acceptors (Lipinski definition) is 5. The molecular formula is C8H15N5. The maximum atomic E-state index is 5.69. The van der Waals surface area contributed by atoms with E-state index in [-0.39, 0.29) is 12.0 Å². The Morgan fingerprint density at radius 2 is 2.00 bits per heavy atom. The predicted octanol–water partition coefficient (Wildman–Crippen LogP) is 0.145. The summed E-state index contributed by atoms with van der Waals surface area (Å²) in [4.78, 5) is 9.95. The third-order valence-electron chi connectivity index (χ3n) is 1.67. The lowest BCUT2D eigenvalue weighted by Crippen LogP contribution is -2.15. The fraction of sp³-hybridized carbons (Fsp3) is 0.500. The molecule has 0 aliphatic carbocycles. The lowest BCUT2D eigenvalue weighted by molar-refractivity contribution is 0.776. The van der Waals surface area contributed by atoms with E-state index < -0.39 is 0 Å². The van der Waals surface area contributed by atoms with Crippen LogP contribution < -0.4 is 16.4 Å². The van der Waals surface area contributed by atoms with Gasteiger partial charge < -0.3 is 16.4 Å². The van der Waals surface area contributed by atoms with Crippen molar-refractivity contribution < 1.29 is 0 Å². The Balaban J connectivity index is 3.11. The molecular weight excluding hydrogens is 166 g/mol. The number of nitrogen functional groups attached to an aromatic ring is 1. The second-order valence-electron chi connectivity index (χ2n) is 3.19. The van der Waals surface area contributed by atoms with Crippen LogP contribution in [0.5, 0.6) is 0 Å². The van der Waals surface area contributed by atoms with Gasteiger partial charge in [0, 0.05) is 26.2 Å². The topological polar surface area (TPSA) is 81.1 Å². The minimum Gasteiger partial charge on any atom is -0.368 e. The molecule has 13 heavy (non-hydrogen) atoms. The van der Waals surface area contributed by atoms with Gasteiger partial charge in [0.2, 0.25) is 5.95 Å². The molecule has 5 heteroatoms. The molecule has 0 amide bonds. The minimum absolute atomic E-state index is 0.121. The van der Waals surface area contributed by atoms with Crippen molar-refractivity contribution in [2.75, 3.05) is 24.7 Å². The highest BCUT2D eigenvalue weighted by atomic mass is 15.2. The summed E-state index contributed by atoms with van der Waals surface area (Å²) in [6.07, 6.45) is 0. The zero-order chi connectivity index (χ0) is 10.0. The van der Waals surface area contributed by atoms with Gasteiger partial charge in [0.1, 0.15) is 5.82 Å². The van der Waals surface area contributed by atoms with E-state index in [0.29, 0.717) is 0 Å². The van der Waals surface area contributed by atoms with Crippen molar-refractivity contribution in [2.45, 2.75) is 13.0 Å². The second kappa shape index (κ2) is 3.57. The van der Waals surface area contributed by atoms with Crippen molar-refractivity contribution in [1.29, 1.82) is 0 Å². The van der Waals surface area contributed by atoms with Crippen LogP contribution in [0, 0.1) is 0 Å². The monoisotopic (exact) mass is 181 g/mol. The van der Waals surface area contributed by atoms with Gasteiger partial charge in [-0.15, -0.1) is 0 Å². The highest BCUT2D eigenvalue weighted by Crippen LogP contribution is 2.14. The van der Waals surface area contributed by atoms with Crippen LogP contribution in [0.1, 0.15) is 18.7 Å². The first-order valence-electron chi connectivity index (χ1n) is 4.08. The van der Waals surface area contributed by atoms with Crippen LogP contribution in [-0.2, 0) is 0 Å². The predicted molar refractivity (Wildman–Crippen MR) is 53.4 cm³/mol. The second-order valence-corrected chi connectivity index (χ2v) is 3.19. The summed E-state index contributed by atoms with van der Waals surface area (Å²) in [6, 6.07) is 1.71. The van der Waals surface area contributed by atoms with Gasteiger partial charge in [0.05, 0.1) is 5.69 Å². The van der Waals surface area contributed by atoms with E-state index in [9.17, 15) is 0 Å². The fourth-order valence-electron chi connectivity index (χ4n) is 0.934. The summed E-state index contributed by atoms with van der Waals surface area (Å²) in [5, 5.41) is 0. The Morgan fingerprint density at radius 3 is 2.46 bits per heavy atom. The zero-order valence-corrected chi connectivity index (χ0v) is 8.15. The Morgan fingerprint density at radius 1 is 1.38 bits per heavy atom. The molecule has 0 bridgehead atoms. The van der Waals surface area contributed by atoms with E-state index in [1.165, 1.54) is 0 Å². The molecule has 0 aliphatic rings. The van der Waals surface area contributed by atoms with Crippen molar-refractivity contribution in [3.05, 3.63) is 11.8 Å². The van der Waals surface area contributed by atoms with E-state index >= 15 is 0 Å². The fourth-order valence-corrected chi connectivity index (χ4v) is 0.934. The third kappa shape index (κ3) is 2.29. The van der Waals surface area contributed by atoms with Crippen LogP contribution in [-0.4, -0.2) is 24.1 Å². The molecule has 0 saturated heterocycles. The first-order valence-corrected chi connectivity index (χ1v) is 4.08. The summed E-state index contributed by atoms with van der Waals surface area (Å²) < 4.78 is 0. The molecule has 1 aromatic rings. The van der Waals surface area contributed by atoms with Gasteiger partial charge in [-0.05, 0) is 6.92 Å². The standard InChI is InChI=1S/C8H15N5/c1-5(9)6-4-7(13(2)3)12-8(10)11-6/h4-5H,9H2,1-3H3,(H2,10,11,12). The molecule has 4 N–H and O–H groups in total. The highest BCUT2D eigenvalue weighted by molar-refractivity contribution is 5.42. The number of anilines is 2. The maximum Gasteiger partial charge on any atom is 0.222 e. The number of nitrogens with zero attached hydrogens (tertiary/aromatic N) is 3. The smallest absolute Gasteiger partial charge is 0.222 e. The normalized spacial score (nSPS) is 12.6. The lowest BCUT2D eigenvalue weighted by atomic mass is 10.2. The molecule has 0 spiro atoms. The van der Waals surface area contributed by atoms with E-state index in [4.69, 9.17) is 11.5 Å². The van der Waals surface area contributed by atoms with Crippen molar-refractivity contribution in [3.8, 4) is 0 Å². The summed E-state index contributed by atoms with van der Waals surface area (Å²) in [5.74, 6) is 1.04. The van der Waals surface area contributed by atoms with Crippen LogP contribution in [0.3, 0.4) is 0 Å². The third-order valence-corrected chi connectivity index (χ3v) is 1.67. The molecule has 0 saturated carbocycles. The van der Waals surface area contributed by atoms with Gasteiger partial charge in [-0.25, -0.2) is 4.98 Å². The Hall–Kier alpha value is -1.36. The molecule has 1 aromatic heterocycles. The van der Waals surface area contributed by atoms with Gasteiger partial charge >= 0.3 is 0 Å². The molecule has 1 rings (SSSR count). The van der Waals surface area contributed by atoms with E-state index in [2.05, 4.69) is 9.97 Å². The highest BCUT2D eigenvalue weighted by Gasteiger charge is 2.06. The molecule has 1 unspecified atom stereocenters. The molecule has 0 fully saturated rings. The molecule has 0 aliphatic heterocycles. The average molecular weight is 181 g/mol. The quantitative estimate of drug-likeness (QED) is 0.678. The summed E-state index contributed by atoms with van der Waals surface area (Å²) >= 11 is 0. The van der Waals surface area contributed by atoms with Crippen molar-refractivity contribution in [2.24, 2.45) is 5.73 Å². The van der Waals surface area contributed by atoms with Crippen LogP contribution in [0.4, 0.5) is 11.8 Å². The molecule has 5 nitrogen and oxygen atoms in total. The van der Waals surface area contributed by atoms with Crippen LogP contribution in [0.25, 0.3) is 0 Å². The number of rotatable bonds is 2. The molecule has 72 valence electrons. The Labute approximate surface area is 77.8 Å². The van der Waals surface area contributed by atoms with Crippen LogP contribution in [0.2, 0.25) is 0 Å². The zero-order valence-electron chi connectivity index (χ0n) is 8.15. The van der Waals surface area contributed by atoms with Crippen molar-refractivity contribution >= 4 is 11.8 Å². The summed E-state index contributed by atoms with van der Waals surface area (Å²) in [6.45, 7) is 1.86. The van der Waals surface area contributed by atoms with Crippen molar-refractivity contribution in [3.63, 3.8) is 0 Å². The Bertz CT molecular complexity index is 268. The first kappa shape index (κ1) is 9.73. The SMILES string of the molecule is CC(N)c1cc(N(C)C)nc(N)n1. The number of nitrogens with two attached hydrogens (primary N) is 2. The van der Waals surface area contributed by atoms with Crippen LogP contribution >= 0.6 is 0 Å². The van der Waals surface area contributed by atoms with Crippen LogP contribution in [0.15, 0.2) is 6.07 Å². The van der Waals surface area contributed by atoms with Gasteiger partial charge in [-0.1, -0.05) is 0 Å². The largest absolute Gasteiger partial charge is 0.368 e. The first-order chi connectivity index (χ1) is 6.00. The summed E-state index contributed by atoms with van der Waals surface area (Å²) in [7, 11) is 3.79. The molecule has 0 aromatic carbocycles. The Kier molecular flexibility index (Phi) is 2.67. The van der Waals surface area contributed by atoms with E-state index in [1.54, 1.807) is 0 Å². The minimum atomic E-state index is -0.121. The van der Waals surface area contributed by atoms with E-state index in [0.717, 1.165) is 11.5 Å². The van der Waals surface area contributed by atoms with Gasteiger partial charge in [0.25, 0.3) is 0 Å². The van der Waals surface area contributed by atoms with Gasteiger partial charge in [-0.3, -0.25) is 0 Å². The molecule has 0 radical (unpaired) electrons. The average Bonchev–Trinajstić information content (AvgIpc) is 2.03. The van der Waals surface area contributed by atoms with E-state index in [1.807, 2.05) is 32.0 Å². The number of aromatic nitrogens is 2. The maximum absolute atomic E-state index is 5.69. The summed E-state index contributed by atoms with van der Waals surface area (Å²) in [5.41, 5.74) is 12.0. The van der Waals surface area contributed by atoms with Gasteiger partial charge in [0.15, 0.2) is 0 Å².